The van der Waals surface area contributed by atoms with Crippen molar-refractivity contribution in [3.05, 3.63) is 23.8 Å². The van der Waals surface area contributed by atoms with Gasteiger partial charge in [-0.25, -0.2) is 0 Å². The Morgan fingerprint density at radius 1 is 1.24 bits per heavy atom. The summed E-state index contributed by atoms with van der Waals surface area (Å²) in [5, 5.41) is 10.7. The third kappa shape index (κ3) is 6.49. The largest absolute Gasteiger partial charge is 0.469 e. The van der Waals surface area contributed by atoms with Gasteiger partial charge in [0, 0.05) is 18.8 Å². The summed E-state index contributed by atoms with van der Waals surface area (Å²) < 4.78 is 23.0. The summed E-state index contributed by atoms with van der Waals surface area (Å²) in [6.07, 6.45) is 8.77. The highest BCUT2D eigenvalue weighted by Gasteiger charge is 2.44. The van der Waals surface area contributed by atoms with Gasteiger partial charge in [-0.2, -0.15) is 0 Å². The molecule has 3 rings (SSSR count). The van der Waals surface area contributed by atoms with E-state index in [0.29, 0.717) is 12.8 Å². The Bertz CT molecular complexity index is 786. The lowest BCUT2D eigenvalue weighted by Crippen LogP contribution is -2.47. The highest BCUT2D eigenvalue weighted by atomic mass is 16.7. The van der Waals surface area contributed by atoms with Crippen molar-refractivity contribution < 1.29 is 33.6 Å². The molecular formula is C27H42O7. The van der Waals surface area contributed by atoms with Crippen LogP contribution in [0.4, 0.5) is 0 Å². The maximum Gasteiger partial charge on any atom is 0.308 e. The van der Waals surface area contributed by atoms with Crippen molar-refractivity contribution in [2.24, 2.45) is 23.7 Å². The first-order chi connectivity index (χ1) is 16.0. The molecule has 0 bridgehead atoms. The molecule has 0 amide bonds. The summed E-state index contributed by atoms with van der Waals surface area (Å²) in [5.41, 5.74) is 1.06. The van der Waals surface area contributed by atoms with Crippen LogP contribution in [0.1, 0.15) is 73.1 Å². The number of allylic oxidation sites excluding steroid dienone is 1. The molecule has 3 aliphatic rings. The molecule has 1 fully saturated rings. The Balaban J connectivity index is 1.73. The first-order valence-electron chi connectivity index (χ1n) is 12.7. The Morgan fingerprint density at radius 2 is 1.94 bits per heavy atom. The van der Waals surface area contributed by atoms with Crippen LogP contribution in [0.25, 0.3) is 0 Å². The van der Waals surface area contributed by atoms with E-state index in [1.165, 1.54) is 7.11 Å². The molecule has 0 unspecified atom stereocenters. The van der Waals surface area contributed by atoms with Gasteiger partial charge in [0.2, 0.25) is 0 Å². The Kier molecular flexibility index (Phi) is 8.98. The van der Waals surface area contributed by atoms with E-state index in [0.717, 1.165) is 24.8 Å². The zero-order valence-corrected chi connectivity index (χ0v) is 21.5. The maximum atomic E-state index is 12.6. The van der Waals surface area contributed by atoms with Crippen LogP contribution in [0.15, 0.2) is 23.8 Å². The minimum absolute atomic E-state index is 0.0313. The molecule has 1 aliphatic heterocycles. The number of esters is 2. The van der Waals surface area contributed by atoms with Crippen LogP contribution in [0.5, 0.6) is 0 Å². The highest BCUT2D eigenvalue weighted by molar-refractivity contribution is 5.72. The molecule has 1 heterocycles. The molecule has 34 heavy (non-hydrogen) atoms. The van der Waals surface area contributed by atoms with Crippen LogP contribution in [-0.2, 0) is 28.5 Å². The van der Waals surface area contributed by atoms with E-state index in [-0.39, 0.29) is 60.3 Å². The lowest BCUT2D eigenvalue weighted by molar-refractivity contribution is -0.301. The number of hydrogen-bond acceptors (Lipinski definition) is 7. The van der Waals surface area contributed by atoms with Gasteiger partial charge in [-0.15, -0.1) is 0 Å². The Morgan fingerprint density at radius 3 is 2.62 bits per heavy atom. The second kappa shape index (κ2) is 11.4. The molecule has 192 valence electrons. The fraction of sp³-hybridized carbons (Fsp3) is 0.778. The SMILES string of the molecule is CC[C@H](C)C(=O)O[C@H]1CC=CC2=C[C@@H](O)[C@H](C)[C@H](CC[C@@H]3C[C@H](CC(=O)OC)OC(C)(C)O3)[C@H]21. The first-order valence-corrected chi connectivity index (χ1v) is 12.7. The third-order valence-corrected chi connectivity index (χ3v) is 7.66. The van der Waals surface area contributed by atoms with Crippen LogP contribution in [0.2, 0.25) is 0 Å². The van der Waals surface area contributed by atoms with Crippen molar-refractivity contribution in [3.8, 4) is 0 Å². The van der Waals surface area contributed by atoms with Crippen molar-refractivity contribution in [1.29, 1.82) is 0 Å². The second-order valence-corrected chi connectivity index (χ2v) is 10.6. The summed E-state index contributed by atoms with van der Waals surface area (Å²) in [6, 6.07) is 0. The predicted octanol–water partition coefficient (Wildman–Crippen LogP) is 4.33. The predicted molar refractivity (Wildman–Crippen MR) is 128 cm³/mol. The fourth-order valence-corrected chi connectivity index (χ4v) is 5.59. The standard InChI is InChI=1S/C27H42O7/c1-7-16(2)26(30)32-23-10-8-9-18-13-22(28)17(3)21(25(18)23)12-11-19-14-20(15-24(29)31-6)34-27(4,5)33-19/h8-9,13,16-17,19-23,25,28H,7,10-12,14-15H2,1-6H3/t16-,17+,19+,20+,21-,22+,23-,25-/m0/s1. The van der Waals surface area contributed by atoms with Crippen LogP contribution in [0, 0.1) is 23.7 Å². The zero-order chi connectivity index (χ0) is 25.0. The van der Waals surface area contributed by atoms with E-state index in [4.69, 9.17) is 18.9 Å². The van der Waals surface area contributed by atoms with Gasteiger partial charge in [0.05, 0.1) is 37.8 Å². The number of hydrogen-bond donors (Lipinski definition) is 1. The van der Waals surface area contributed by atoms with Gasteiger partial charge in [0.1, 0.15) is 6.10 Å². The average molecular weight is 479 g/mol. The molecule has 0 saturated carbocycles. The summed E-state index contributed by atoms with van der Waals surface area (Å²) in [7, 11) is 1.38. The number of aliphatic hydroxyl groups is 1. The van der Waals surface area contributed by atoms with Gasteiger partial charge in [-0.05, 0) is 50.5 Å². The van der Waals surface area contributed by atoms with Crippen LogP contribution in [-0.4, -0.2) is 54.4 Å². The van der Waals surface area contributed by atoms with Gasteiger partial charge in [-0.1, -0.05) is 39.0 Å². The molecule has 1 saturated heterocycles. The van der Waals surface area contributed by atoms with Crippen molar-refractivity contribution in [3.63, 3.8) is 0 Å². The maximum absolute atomic E-state index is 12.6. The molecule has 0 radical (unpaired) electrons. The van der Waals surface area contributed by atoms with E-state index in [2.05, 4.69) is 13.0 Å². The number of aliphatic hydroxyl groups excluding tert-OH is 1. The molecule has 0 spiro atoms. The lowest BCUT2D eigenvalue weighted by Gasteiger charge is -2.45. The Hall–Kier alpha value is -1.70. The van der Waals surface area contributed by atoms with Crippen LogP contribution < -0.4 is 0 Å². The van der Waals surface area contributed by atoms with E-state index in [1.54, 1.807) is 0 Å². The van der Waals surface area contributed by atoms with Crippen molar-refractivity contribution in [2.45, 2.75) is 103 Å². The number of rotatable bonds is 8. The van der Waals surface area contributed by atoms with E-state index >= 15 is 0 Å². The molecule has 1 N–H and O–H groups in total. The molecule has 7 nitrogen and oxygen atoms in total. The molecule has 7 heteroatoms. The molecule has 2 aliphatic carbocycles. The highest BCUT2D eigenvalue weighted by Crippen LogP contribution is 2.45. The van der Waals surface area contributed by atoms with E-state index in [1.807, 2.05) is 39.8 Å². The first kappa shape index (κ1) is 26.9. The monoisotopic (exact) mass is 478 g/mol. The van der Waals surface area contributed by atoms with Crippen LogP contribution >= 0.6 is 0 Å². The number of carbonyl (C=O) groups is 2. The number of fused-ring (bicyclic) bond motifs is 1. The van der Waals surface area contributed by atoms with Gasteiger partial charge in [0.25, 0.3) is 0 Å². The second-order valence-electron chi connectivity index (χ2n) is 10.6. The van der Waals surface area contributed by atoms with Crippen molar-refractivity contribution >= 4 is 11.9 Å². The van der Waals surface area contributed by atoms with E-state index < -0.39 is 11.9 Å². The van der Waals surface area contributed by atoms with Crippen LogP contribution in [0.3, 0.4) is 0 Å². The number of ether oxygens (including phenoxy) is 4. The Labute approximate surface area is 203 Å². The summed E-state index contributed by atoms with van der Waals surface area (Å²) in [6.45, 7) is 9.70. The summed E-state index contributed by atoms with van der Waals surface area (Å²) in [4.78, 5) is 24.4. The topological polar surface area (TPSA) is 91.3 Å². The van der Waals surface area contributed by atoms with E-state index in [9.17, 15) is 14.7 Å². The minimum Gasteiger partial charge on any atom is -0.469 e. The normalized spacial score (nSPS) is 35.6. The third-order valence-electron chi connectivity index (χ3n) is 7.66. The molecule has 0 aromatic heterocycles. The quantitative estimate of drug-likeness (QED) is 0.519. The molecule has 8 atom stereocenters. The van der Waals surface area contributed by atoms with Gasteiger partial charge >= 0.3 is 11.9 Å². The zero-order valence-electron chi connectivity index (χ0n) is 21.5. The lowest BCUT2D eigenvalue weighted by atomic mass is 9.65. The smallest absolute Gasteiger partial charge is 0.308 e. The molecule has 0 aromatic carbocycles. The van der Waals surface area contributed by atoms with Gasteiger partial charge < -0.3 is 24.1 Å². The molecule has 0 aromatic rings. The van der Waals surface area contributed by atoms with Crippen molar-refractivity contribution in [1.82, 2.24) is 0 Å². The number of methoxy groups -OCH3 is 1. The molecular weight excluding hydrogens is 436 g/mol. The number of carbonyl (C=O) groups excluding carboxylic acids is 2. The van der Waals surface area contributed by atoms with Crippen molar-refractivity contribution in [2.75, 3.05) is 7.11 Å². The summed E-state index contributed by atoms with van der Waals surface area (Å²) >= 11 is 0. The summed E-state index contributed by atoms with van der Waals surface area (Å²) in [5.74, 6) is -1.14. The average Bonchev–Trinajstić information content (AvgIpc) is 2.77. The fourth-order valence-electron chi connectivity index (χ4n) is 5.59. The minimum atomic E-state index is -0.785. The van der Waals surface area contributed by atoms with Gasteiger partial charge in [-0.3, -0.25) is 9.59 Å². The van der Waals surface area contributed by atoms with Gasteiger partial charge in [0.15, 0.2) is 5.79 Å².